The van der Waals surface area contributed by atoms with Gasteiger partial charge < -0.3 is 9.64 Å². The van der Waals surface area contributed by atoms with E-state index in [1.165, 1.54) is 7.05 Å². The Kier molecular flexibility index (Phi) is 7.00. The molecule has 1 aromatic carbocycles. The average molecular weight is 356 g/mol. The molecule has 0 saturated carbocycles. The van der Waals surface area contributed by atoms with E-state index >= 15 is 0 Å². The molecule has 0 spiro atoms. The minimum Gasteiger partial charge on any atom is -0.496 e. The van der Waals surface area contributed by atoms with Crippen LogP contribution >= 0.6 is 0 Å². The van der Waals surface area contributed by atoms with E-state index in [0.29, 0.717) is 6.54 Å². The normalized spacial score (nSPS) is 18.5. The van der Waals surface area contributed by atoms with Gasteiger partial charge in [-0.1, -0.05) is 25.1 Å². The van der Waals surface area contributed by atoms with Crippen molar-refractivity contribution in [2.24, 2.45) is 0 Å². The van der Waals surface area contributed by atoms with Crippen molar-refractivity contribution >= 4 is 10.2 Å². The zero-order valence-electron chi connectivity index (χ0n) is 14.7. The molecule has 2 N–H and O–H groups in total. The zero-order valence-corrected chi connectivity index (χ0v) is 15.5. The fourth-order valence-corrected chi connectivity index (χ4v) is 3.55. The second-order valence-electron chi connectivity index (χ2n) is 5.78. The number of para-hydroxylation sites is 1. The predicted octanol–water partition coefficient (Wildman–Crippen LogP) is 0.428. The molecule has 8 heteroatoms. The van der Waals surface area contributed by atoms with Crippen LogP contribution in [0.2, 0.25) is 0 Å². The lowest BCUT2D eigenvalue weighted by Gasteiger charge is -2.39. The number of ether oxygens (including phenoxy) is 1. The van der Waals surface area contributed by atoms with Gasteiger partial charge in [0.1, 0.15) is 5.75 Å². The Bertz CT molecular complexity index is 616. The predicted molar refractivity (Wildman–Crippen MR) is 95.4 cm³/mol. The molecule has 1 fully saturated rings. The molecular weight excluding hydrogens is 328 g/mol. The molecular formula is C16H28N4O3S. The third-order valence-electron chi connectivity index (χ3n) is 4.53. The molecule has 1 aliphatic rings. The molecule has 1 unspecified atom stereocenters. The SMILES string of the molecule is CCN1CCN(C(CNS(=O)(=O)NC)c2ccccc2OC)CC1. The number of likely N-dealkylation sites (N-methyl/N-ethyl adjacent to an activating group) is 1. The summed E-state index contributed by atoms with van der Waals surface area (Å²) in [5, 5.41) is 0. The summed E-state index contributed by atoms with van der Waals surface area (Å²) < 4.78 is 34.0. The summed E-state index contributed by atoms with van der Waals surface area (Å²) in [4.78, 5) is 4.72. The Morgan fingerprint density at radius 1 is 1.21 bits per heavy atom. The highest BCUT2D eigenvalue weighted by Gasteiger charge is 2.27. The maximum Gasteiger partial charge on any atom is 0.276 e. The Hall–Kier alpha value is -1.19. The lowest BCUT2D eigenvalue weighted by atomic mass is 10.0. The molecule has 0 amide bonds. The standard InChI is InChI=1S/C16H28N4O3S/c1-4-19-9-11-20(12-10-19)15(13-18-24(21,22)17-2)14-7-5-6-8-16(14)23-3/h5-8,15,17-18H,4,9-13H2,1-3H3. The van der Waals surface area contributed by atoms with Crippen LogP contribution in [0.25, 0.3) is 0 Å². The number of methoxy groups -OCH3 is 1. The second kappa shape index (κ2) is 8.77. The number of hydrogen-bond acceptors (Lipinski definition) is 5. The van der Waals surface area contributed by atoms with Gasteiger partial charge in [0.25, 0.3) is 10.2 Å². The summed E-state index contributed by atoms with van der Waals surface area (Å²) in [5.74, 6) is 0.782. The van der Waals surface area contributed by atoms with Gasteiger partial charge in [-0.2, -0.15) is 8.42 Å². The minimum absolute atomic E-state index is 0.0664. The van der Waals surface area contributed by atoms with E-state index in [4.69, 9.17) is 4.74 Å². The van der Waals surface area contributed by atoms with Crippen LogP contribution in [0, 0.1) is 0 Å². The molecule has 1 aliphatic heterocycles. The molecule has 2 rings (SSSR count). The Labute approximate surface area is 145 Å². The van der Waals surface area contributed by atoms with Gasteiger partial charge in [-0.25, -0.2) is 9.44 Å². The molecule has 24 heavy (non-hydrogen) atoms. The lowest BCUT2D eigenvalue weighted by molar-refractivity contribution is 0.0993. The van der Waals surface area contributed by atoms with Crippen LogP contribution in [0.4, 0.5) is 0 Å². The third kappa shape index (κ3) is 4.90. The van der Waals surface area contributed by atoms with Crippen molar-refractivity contribution < 1.29 is 13.2 Å². The van der Waals surface area contributed by atoms with Gasteiger partial charge in [0.05, 0.1) is 13.2 Å². The van der Waals surface area contributed by atoms with E-state index < -0.39 is 10.2 Å². The molecule has 0 aliphatic carbocycles. The summed E-state index contributed by atoms with van der Waals surface area (Å²) in [5.41, 5.74) is 1.00. The van der Waals surface area contributed by atoms with Crippen molar-refractivity contribution in [2.45, 2.75) is 13.0 Å². The molecule has 1 aromatic rings. The van der Waals surface area contributed by atoms with Crippen LogP contribution < -0.4 is 14.2 Å². The van der Waals surface area contributed by atoms with Crippen LogP contribution in [-0.2, 0) is 10.2 Å². The van der Waals surface area contributed by atoms with Crippen LogP contribution in [0.15, 0.2) is 24.3 Å². The van der Waals surface area contributed by atoms with Crippen molar-refractivity contribution in [1.29, 1.82) is 0 Å². The molecule has 0 bridgehead atoms. The van der Waals surface area contributed by atoms with E-state index in [2.05, 4.69) is 26.2 Å². The number of piperazine rings is 1. The number of nitrogens with zero attached hydrogens (tertiary/aromatic N) is 2. The smallest absolute Gasteiger partial charge is 0.276 e. The van der Waals surface area contributed by atoms with Gasteiger partial charge in [-0.3, -0.25) is 4.90 Å². The van der Waals surface area contributed by atoms with Crippen LogP contribution in [0.1, 0.15) is 18.5 Å². The number of benzene rings is 1. The fraction of sp³-hybridized carbons (Fsp3) is 0.625. The Morgan fingerprint density at radius 2 is 1.88 bits per heavy atom. The molecule has 7 nitrogen and oxygen atoms in total. The van der Waals surface area contributed by atoms with E-state index in [0.717, 1.165) is 44.0 Å². The molecule has 0 radical (unpaired) electrons. The summed E-state index contributed by atoms with van der Waals surface area (Å²) >= 11 is 0. The van der Waals surface area contributed by atoms with E-state index in [-0.39, 0.29) is 6.04 Å². The largest absolute Gasteiger partial charge is 0.496 e. The summed E-state index contributed by atoms with van der Waals surface area (Å²) in [6, 6.07) is 7.73. The van der Waals surface area contributed by atoms with Crippen molar-refractivity contribution in [3.05, 3.63) is 29.8 Å². The second-order valence-corrected chi connectivity index (χ2v) is 7.49. The molecule has 136 valence electrons. The van der Waals surface area contributed by atoms with E-state index in [1.54, 1.807) is 7.11 Å². The summed E-state index contributed by atoms with van der Waals surface area (Å²) in [6.07, 6.45) is 0. The van der Waals surface area contributed by atoms with Crippen LogP contribution in [0.5, 0.6) is 5.75 Å². The average Bonchev–Trinajstić information content (AvgIpc) is 2.62. The van der Waals surface area contributed by atoms with Gasteiger partial charge in [0.15, 0.2) is 0 Å². The highest BCUT2D eigenvalue weighted by Crippen LogP contribution is 2.29. The molecule has 1 saturated heterocycles. The van der Waals surface area contributed by atoms with E-state index in [1.807, 2.05) is 24.3 Å². The molecule has 1 atom stereocenters. The van der Waals surface area contributed by atoms with Gasteiger partial charge >= 0.3 is 0 Å². The first-order valence-electron chi connectivity index (χ1n) is 8.28. The third-order valence-corrected chi connectivity index (χ3v) is 5.61. The topological polar surface area (TPSA) is 73.9 Å². The van der Waals surface area contributed by atoms with Crippen molar-refractivity contribution in [3.63, 3.8) is 0 Å². The quantitative estimate of drug-likeness (QED) is 0.707. The van der Waals surface area contributed by atoms with E-state index in [9.17, 15) is 8.42 Å². The van der Waals surface area contributed by atoms with Crippen LogP contribution in [0.3, 0.4) is 0 Å². The van der Waals surface area contributed by atoms with Gasteiger partial charge in [0.2, 0.25) is 0 Å². The highest BCUT2D eigenvalue weighted by atomic mass is 32.2. The maximum absolute atomic E-state index is 11.8. The zero-order chi connectivity index (χ0) is 17.6. The van der Waals surface area contributed by atoms with Crippen LogP contribution in [-0.4, -0.2) is 71.6 Å². The summed E-state index contributed by atoms with van der Waals surface area (Å²) in [7, 11) is -0.429. The monoisotopic (exact) mass is 356 g/mol. The lowest BCUT2D eigenvalue weighted by Crippen LogP contribution is -2.50. The first-order chi connectivity index (χ1) is 11.5. The summed E-state index contributed by atoms with van der Waals surface area (Å²) in [6.45, 7) is 7.28. The van der Waals surface area contributed by atoms with Gasteiger partial charge in [0, 0.05) is 45.3 Å². The number of hydrogen-bond donors (Lipinski definition) is 2. The Balaban J connectivity index is 2.21. The van der Waals surface area contributed by atoms with Gasteiger partial charge in [-0.05, 0) is 12.6 Å². The molecule has 1 heterocycles. The Morgan fingerprint density at radius 3 is 2.46 bits per heavy atom. The minimum atomic E-state index is -3.47. The van der Waals surface area contributed by atoms with Crippen molar-refractivity contribution in [2.75, 3.05) is 53.4 Å². The molecule has 0 aromatic heterocycles. The first kappa shape index (κ1) is 19.1. The highest BCUT2D eigenvalue weighted by molar-refractivity contribution is 7.87. The van der Waals surface area contributed by atoms with Crippen molar-refractivity contribution in [3.8, 4) is 5.75 Å². The first-order valence-corrected chi connectivity index (χ1v) is 9.76. The van der Waals surface area contributed by atoms with Gasteiger partial charge in [-0.15, -0.1) is 0 Å². The maximum atomic E-state index is 11.8. The fourth-order valence-electron chi connectivity index (χ4n) is 3.03. The number of nitrogens with one attached hydrogen (secondary N) is 2. The van der Waals surface area contributed by atoms with Crippen molar-refractivity contribution in [1.82, 2.24) is 19.2 Å². The number of rotatable bonds is 8.